The van der Waals surface area contributed by atoms with Crippen molar-refractivity contribution < 1.29 is 0 Å². The van der Waals surface area contributed by atoms with E-state index >= 15 is 0 Å². The number of aryl methyl sites for hydroxylation is 1. The summed E-state index contributed by atoms with van der Waals surface area (Å²) in [5.41, 5.74) is 4.06. The first-order valence-electron chi connectivity index (χ1n) is 7.90. The zero-order valence-electron chi connectivity index (χ0n) is 12.4. The fraction of sp³-hybridized carbons (Fsp3) is 0.750. The van der Waals surface area contributed by atoms with E-state index < -0.39 is 0 Å². The molecule has 0 spiro atoms. The van der Waals surface area contributed by atoms with Gasteiger partial charge in [0.15, 0.2) is 0 Å². The molecule has 1 aromatic rings. The van der Waals surface area contributed by atoms with Crippen molar-refractivity contribution in [2.45, 2.75) is 71.3 Å². The molecule has 3 heteroatoms. The molecule has 1 atom stereocenters. The van der Waals surface area contributed by atoms with Gasteiger partial charge in [0.25, 0.3) is 0 Å². The second kappa shape index (κ2) is 7.59. The van der Waals surface area contributed by atoms with E-state index in [9.17, 15) is 0 Å². The van der Waals surface area contributed by atoms with Crippen LogP contribution in [-0.2, 0) is 19.3 Å². The molecule has 0 saturated heterocycles. The Bertz CT molecular complexity index is 390. The van der Waals surface area contributed by atoms with Crippen LogP contribution in [0.5, 0.6) is 0 Å². The molecule has 1 aliphatic carbocycles. The normalized spacial score (nSPS) is 16.1. The zero-order valence-corrected chi connectivity index (χ0v) is 12.4. The van der Waals surface area contributed by atoms with E-state index in [1.807, 2.05) is 0 Å². The lowest BCUT2D eigenvalue weighted by atomic mass is 9.92. The molecule has 2 rings (SSSR count). The Hall–Kier alpha value is -0.960. The Labute approximate surface area is 117 Å². The van der Waals surface area contributed by atoms with Crippen LogP contribution in [0, 0.1) is 0 Å². The fourth-order valence-corrected chi connectivity index (χ4v) is 2.97. The van der Waals surface area contributed by atoms with Crippen molar-refractivity contribution >= 4 is 0 Å². The average molecular weight is 261 g/mol. The highest BCUT2D eigenvalue weighted by Crippen LogP contribution is 2.22. The first-order valence-corrected chi connectivity index (χ1v) is 7.90. The van der Waals surface area contributed by atoms with Gasteiger partial charge in [-0.1, -0.05) is 20.3 Å². The lowest BCUT2D eigenvalue weighted by Gasteiger charge is -2.22. The molecule has 1 heterocycles. The van der Waals surface area contributed by atoms with E-state index in [1.165, 1.54) is 55.5 Å². The summed E-state index contributed by atoms with van der Waals surface area (Å²) < 4.78 is 0. The summed E-state index contributed by atoms with van der Waals surface area (Å²) in [4.78, 5) is 9.03. The van der Waals surface area contributed by atoms with Gasteiger partial charge in [0, 0.05) is 23.9 Å². The predicted octanol–water partition coefficient (Wildman–Crippen LogP) is 3.07. The summed E-state index contributed by atoms with van der Waals surface area (Å²) in [6.45, 7) is 5.59. The molecule has 1 N–H and O–H groups in total. The standard InChI is InChI=1S/C16H27N3/c1-3-7-13(17-10-4-2)11-16-14-8-5-6-9-15(14)18-12-19-16/h12-13,17H,3-11H2,1-2H3. The molecule has 1 aliphatic rings. The van der Waals surface area contributed by atoms with Gasteiger partial charge in [0.1, 0.15) is 6.33 Å². The van der Waals surface area contributed by atoms with Crippen molar-refractivity contribution in [2.75, 3.05) is 6.54 Å². The van der Waals surface area contributed by atoms with Crippen LogP contribution in [0.3, 0.4) is 0 Å². The molecule has 19 heavy (non-hydrogen) atoms. The molecular formula is C16H27N3. The van der Waals surface area contributed by atoms with E-state index in [1.54, 1.807) is 6.33 Å². The van der Waals surface area contributed by atoms with Crippen LogP contribution in [0.2, 0.25) is 0 Å². The van der Waals surface area contributed by atoms with Gasteiger partial charge in [-0.3, -0.25) is 0 Å². The van der Waals surface area contributed by atoms with Crippen LogP contribution < -0.4 is 5.32 Å². The van der Waals surface area contributed by atoms with Crippen LogP contribution in [0.1, 0.15) is 62.9 Å². The van der Waals surface area contributed by atoms with Crippen molar-refractivity contribution in [1.82, 2.24) is 15.3 Å². The Balaban J connectivity index is 2.07. The smallest absolute Gasteiger partial charge is 0.115 e. The van der Waals surface area contributed by atoms with E-state index in [0.717, 1.165) is 19.4 Å². The van der Waals surface area contributed by atoms with Gasteiger partial charge >= 0.3 is 0 Å². The van der Waals surface area contributed by atoms with Crippen molar-refractivity contribution in [1.29, 1.82) is 0 Å². The fourth-order valence-electron chi connectivity index (χ4n) is 2.97. The van der Waals surface area contributed by atoms with E-state index in [-0.39, 0.29) is 0 Å². The molecule has 0 saturated carbocycles. The van der Waals surface area contributed by atoms with Gasteiger partial charge in [0.2, 0.25) is 0 Å². The SMILES string of the molecule is CCCNC(CCC)Cc1ncnc2c1CCCC2. The molecule has 106 valence electrons. The van der Waals surface area contributed by atoms with Crippen LogP contribution in [0.25, 0.3) is 0 Å². The second-order valence-corrected chi connectivity index (χ2v) is 5.60. The molecule has 1 aromatic heterocycles. The third-order valence-corrected chi connectivity index (χ3v) is 3.97. The first-order chi connectivity index (χ1) is 9.35. The number of nitrogens with one attached hydrogen (secondary N) is 1. The number of hydrogen-bond acceptors (Lipinski definition) is 3. The second-order valence-electron chi connectivity index (χ2n) is 5.60. The van der Waals surface area contributed by atoms with Gasteiger partial charge in [-0.2, -0.15) is 0 Å². The Morgan fingerprint density at radius 1 is 1.16 bits per heavy atom. The minimum absolute atomic E-state index is 0.575. The van der Waals surface area contributed by atoms with E-state index in [0.29, 0.717) is 6.04 Å². The predicted molar refractivity (Wildman–Crippen MR) is 79.4 cm³/mol. The van der Waals surface area contributed by atoms with Crippen LogP contribution in [0.4, 0.5) is 0 Å². The Morgan fingerprint density at radius 3 is 2.79 bits per heavy atom. The number of hydrogen-bond donors (Lipinski definition) is 1. The summed E-state index contributed by atoms with van der Waals surface area (Å²) in [6, 6.07) is 0.575. The molecule has 0 bridgehead atoms. The van der Waals surface area contributed by atoms with Crippen molar-refractivity contribution in [2.24, 2.45) is 0 Å². The maximum absolute atomic E-state index is 4.57. The maximum atomic E-state index is 4.57. The summed E-state index contributed by atoms with van der Waals surface area (Å²) in [5.74, 6) is 0. The molecule has 0 radical (unpaired) electrons. The van der Waals surface area contributed by atoms with Crippen molar-refractivity contribution in [3.63, 3.8) is 0 Å². The van der Waals surface area contributed by atoms with Crippen molar-refractivity contribution in [3.05, 3.63) is 23.3 Å². The Kier molecular flexibility index (Phi) is 5.77. The van der Waals surface area contributed by atoms with Crippen molar-refractivity contribution in [3.8, 4) is 0 Å². The maximum Gasteiger partial charge on any atom is 0.115 e. The summed E-state index contributed by atoms with van der Waals surface area (Å²) in [5, 5.41) is 3.67. The lowest BCUT2D eigenvalue weighted by Crippen LogP contribution is -2.32. The lowest BCUT2D eigenvalue weighted by molar-refractivity contribution is 0.465. The van der Waals surface area contributed by atoms with Gasteiger partial charge in [-0.15, -0.1) is 0 Å². The number of rotatable bonds is 7. The third kappa shape index (κ3) is 4.00. The van der Waals surface area contributed by atoms with Crippen LogP contribution in [0.15, 0.2) is 6.33 Å². The first kappa shape index (κ1) is 14.4. The molecule has 3 nitrogen and oxygen atoms in total. The topological polar surface area (TPSA) is 37.8 Å². The largest absolute Gasteiger partial charge is 0.314 e. The van der Waals surface area contributed by atoms with E-state index in [2.05, 4.69) is 29.1 Å². The van der Waals surface area contributed by atoms with E-state index in [4.69, 9.17) is 0 Å². The monoisotopic (exact) mass is 261 g/mol. The zero-order chi connectivity index (χ0) is 13.5. The highest BCUT2D eigenvalue weighted by atomic mass is 14.9. The summed E-state index contributed by atoms with van der Waals surface area (Å²) in [6.07, 6.45) is 11.4. The molecule has 0 amide bonds. The van der Waals surface area contributed by atoms with Crippen LogP contribution in [-0.4, -0.2) is 22.6 Å². The number of aromatic nitrogens is 2. The minimum Gasteiger partial charge on any atom is -0.314 e. The number of fused-ring (bicyclic) bond motifs is 1. The van der Waals surface area contributed by atoms with Gasteiger partial charge in [0.05, 0.1) is 0 Å². The summed E-state index contributed by atoms with van der Waals surface area (Å²) in [7, 11) is 0. The molecule has 1 unspecified atom stereocenters. The summed E-state index contributed by atoms with van der Waals surface area (Å²) >= 11 is 0. The van der Waals surface area contributed by atoms with Crippen LogP contribution >= 0.6 is 0 Å². The number of nitrogens with zero attached hydrogens (tertiary/aromatic N) is 2. The highest BCUT2D eigenvalue weighted by molar-refractivity contribution is 5.27. The molecule has 0 fully saturated rings. The molecule has 0 aliphatic heterocycles. The average Bonchev–Trinajstić information content (AvgIpc) is 2.45. The third-order valence-electron chi connectivity index (χ3n) is 3.97. The van der Waals surface area contributed by atoms with Gasteiger partial charge in [-0.05, 0) is 50.6 Å². The molecular weight excluding hydrogens is 234 g/mol. The minimum atomic E-state index is 0.575. The quantitative estimate of drug-likeness (QED) is 0.819. The Morgan fingerprint density at radius 2 is 2.00 bits per heavy atom. The molecule has 0 aromatic carbocycles. The highest BCUT2D eigenvalue weighted by Gasteiger charge is 2.17. The van der Waals surface area contributed by atoms with Gasteiger partial charge < -0.3 is 5.32 Å². The van der Waals surface area contributed by atoms with Gasteiger partial charge in [-0.25, -0.2) is 9.97 Å².